The smallest absolute Gasteiger partial charge is 0.307 e. The molecule has 18 aromatic carbocycles. The summed E-state index contributed by atoms with van der Waals surface area (Å²) in [5.74, 6) is 1.16. The van der Waals surface area contributed by atoms with Gasteiger partial charge >= 0.3 is 28.3 Å². The van der Waals surface area contributed by atoms with Crippen LogP contribution < -0.4 is 27.7 Å². The first-order chi connectivity index (χ1) is 71.5. The molecule has 3 spiro atoms. The normalized spacial score (nSPS) is 16.4. The average Bonchev–Trinajstić information content (AvgIpc) is 1.47. The van der Waals surface area contributed by atoms with E-state index in [-0.39, 0.29) is 0 Å². The number of hydrogen-bond donors (Lipinski definition) is 0. The summed E-state index contributed by atoms with van der Waals surface area (Å²) < 4.78 is 37.7. The molecule has 15 heteroatoms. The van der Waals surface area contributed by atoms with E-state index in [1.54, 1.807) is 0 Å². The van der Waals surface area contributed by atoms with E-state index in [1.807, 2.05) is 0 Å². The average molecular weight is 1840 g/mol. The molecule has 12 aromatic heterocycles. The third kappa shape index (κ3) is 8.12. The second kappa shape index (κ2) is 25.2. The fourth-order valence-electron chi connectivity index (χ4n) is 29.2. The highest BCUT2D eigenvalue weighted by Gasteiger charge is 2.72. The number of benzene rings is 18. The summed E-state index contributed by atoms with van der Waals surface area (Å²) in [6.45, 7) is 0. The molecule has 0 fully saturated rings. The summed E-state index contributed by atoms with van der Waals surface area (Å²) in [7, 11) is 0. The number of pyridine rings is 3. The minimum Gasteiger partial charge on any atom is -0.307 e. The Morgan fingerprint density at radius 2 is 0.438 bits per heavy atom. The SMILES string of the molecule is c1cc2c3c(c1)-n1c4ccccc4c4ccc[n+](c41)C31c3c(ccc4c5ccccc5n-2c34)-n2cc(-c3cccc4ccccc34)c[n+]21.c1cc2c3c(c1)-n1cc(-c4cccc5ccccc45)c[n+]1C31c3c(ccc4c5ccccc5n-2c34)-n2c3ccccc3c3ccc[n+]1c32.c1cc[n+]2c(c1)-n1c3ccccc3c3ccc4c(c31)C21c2c(ccc3c5ccccc5n-4c23)-n2cc(-c3cccc4ccccc34)c[n+]21. The van der Waals surface area contributed by atoms with Crippen LogP contribution in [0.1, 0.15) is 33.4 Å². The lowest BCUT2D eigenvalue weighted by molar-refractivity contribution is -0.993. The largest absolute Gasteiger partial charge is 0.394 e. The number of rotatable bonds is 3. The van der Waals surface area contributed by atoms with Crippen molar-refractivity contribution in [1.29, 1.82) is 0 Å². The van der Waals surface area contributed by atoms with Gasteiger partial charge in [0.25, 0.3) is 5.82 Å². The van der Waals surface area contributed by atoms with Crippen molar-refractivity contribution in [3.63, 3.8) is 0 Å². The van der Waals surface area contributed by atoms with Crippen LogP contribution in [0.4, 0.5) is 0 Å². The minimum atomic E-state index is -0.655. The number of hydrogen-bond acceptors (Lipinski definition) is 0. The zero-order valence-corrected chi connectivity index (χ0v) is 77.0. The van der Waals surface area contributed by atoms with Crippen molar-refractivity contribution in [3.05, 3.63) is 490 Å². The van der Waals surface area contributed by atoms with Gasteiger partial charge in [0.2, 0.25) is 18.6 Å². The van der Waals surface area contributed by atoms with Gasteiger partial charge in [-0.2, -0.15) is 27.4 Å². The van der Waals surface area contributed by atoms with Gasteiger partial charge in [0.15, 0.2) is 16.9 Å². The fraction of sp³-hybridized carbons (Fsp3) is 0.0233. The molecule has 15 nitrogen and oxygen atoms in total. The summed E-state index contributed by atoms with van der Waals surface area (Å²) in [6, 6.07) is 148. The molecule has 3 atom stereocenters. The molecule has 3 unspecified atom stereocenters. The van der Waals surface area contributed by atoms with Crippen LogP contribution in [0, 0.1) is 0 Å². The van der Waals surface area contributed by atoms with Crippen LogP contribution in [-0.4, -0.2) is 41.4 Å². The molecule has 30 aromatic rings. The van der Waals surface area contributed by atoms with Gasteiger partial charge in [-0.1, -0.05) is 251 Å². The predicted octanol–water partition coefficient (Wildman–Crippen LogP) is 24.9. The molecular weight excluding hydrogens is 1760 g/mol. The van der Waals surface area contributed by atoms with Gasteiger partial charge in [-0.05, 0) is 207 Å². The van der Waals surface area contributed by atoms with Crippen molar-refractivity contribution >= 4 is 163 Å². The maximum Gasteiger partial charge on any atom is 0.394 e. The zero-order valence-electron chi connectivity index (χ0n) is 77.0. The van der Waals surface area contributed by atoms with E-state index in [0.717, 1.165) is 5.82 Å². The Kier molecular flexibility index (Phi) is 12.9. The molecule has 39 rings (SSSR count). The second-order valence-corrected chi connectivity index (χ2v) is 40.3. The van der Waals surface area contributed by atoms with Crippen molar-refractivity contribution in [2.24, 2.45) is 0 Å². The van der Waals surface area contributed by atoms with E-state index < -0.39 is 17.0 Å². The molecule has 0 bridgehead atoms. The third-order valence-corrected chi connectivity index (χ3v) is 34.2. The summed E-state index contributed by atoms with van der Waals surface area (Å²) in [5, 5.41) is 22.9. The Labute approximate surface area is 818 Å². The first kappa shape index (κ1) is 73.8. The molecule has 0 radical (unpaired) electrons. The van der Waals surface area contributed by atoms with Crippen molar-refractivity contribution in [2.45, 2.75) is 17.0 Å². The summed E-state index contributed by atoms with van der Waals surface area (Å²) in [6.07, 6.45) is 21.2. The Morgan fingerprint density at radius 3 is 0.847 bits per heavy atom. The standard InChI is InChI=1S/3C43H25N5/c1-2-12-28-26(10-1)11-7-15-29(28)27-24-45-36-22-21-32-30-13-3-5-17-34(30)47-37-19-8-20-38-39(37)43(46(45)25-27,40(36)41(32)47)44-23-9-16-33-31-14-4-6-18-35(31)48(38)42(33)44;1-2-12-28-26(10-1)11-7-15-29(28)27-24-45-36-19-8-20-37-39(36)43(46(45)25-27)40-38(22-21-32-30-13-3-5-17-34(30)47(37)41(32)40)48-35-18-6-4-14-31(35)33-16-9-23-44(43)42(33)48;1-2-12-28-26(10-1)11-9-15-29(28)27-24-45-36-21-19-32-30-13-3-5-16-34(30)47-37-22-20-33-31-14-4-6-17-35(31)48-38-18-7-8-23-44(38)43(46(45)25-27,39(36)41(32)47)40(37)42(33)48/h3*1-25H/q3*+2. The highest BCUT2D eigenvalue weighted by molar-refractivity contribution is 6.20. The van der Waals surface area contributed by atoms with Crippen molar-refractivity contribution in [1.82, 2.24) is 41.4 Å². The number of nitrogens with zero attached hydrogens (tertiary/aromatic N) is 15. The lowest BCUT2D eigenvalue weighted by Gasteiger charge is -2.33. The molecular formula is C129H75N15+6. The molecule has 0 saturated carbocycles. The van der Waals surface area contributed by atoms with Crippen LogP contribution in [-0.2, 0) is 17.0 Å². The van der Waals surface area contributed by atoms with Crippen LogP contribution in [0.3, 0.4) is 0 Å². The van der Waals surface area contributed by atoms with Crippen molar-refractivity contribution in [3.8, 4) is 84.7 Å². The van der Waals surface area contributed by atoms with E-state index in [9.17, 15) is 0 Å². The number of fused-ring (bicyclic) bond motifs is 34. The van der Waals surface area contributed by atoms with E-state index in [1.165, 1.54) is 276 Å². The molecule has 660 valence electrons. The van der Waals surface area contributed by atoms with Gasteiger partial charge in [0.05, 0.1) is 115 Å². The fourth-order valence-corrected chi connectivity index (χ4v) is 29.2. The lowest BCUT2D eigenvalue weighted by atomic mass is 9.82. The van der Waals surface area contributed by atoms with Gasteiger partial charge in [-0.3, -0.25) is 0 Å². The topological polar surface area (TPSA) is 67.6 Å². The van der Waals surface area contributed by atoms with Crippen LogP contribution in [0.15, 0.2) is 456 Å². The Balaban J connectivity index is 0.0000000888. The summed E-state index contributed by atoms with van der Waals surface area (Å²) in [4.78, 5) is 0. The molecule has 0 aliphatic carbocycles. The van der Waals surface area contributed by atoms with E-state index >= 15 is 0 Å². The Hall–Kier alpha value is -19.4. The van der Waals surface area contributed by atoms with Gasteiger partial charge in [-0.25, -0.2) is 0 Å². The van der Waals surface area contributed by atoms with E-state index in [4.69, 9.17) is 0 Å². The van der Waals surface area contributed by atoms with Crippen LogP contribution in [0.2, 0.25) is 0 Å². The van der Waals surface area contributed by atoms with Crippen molar-refractivity contribution in [2.75, 3.05) is 0 Å². The number of aromatic nitrogens is 15. The first-order valence-corrected chi connectivity index (χ1v) is 49.9. The molecule has 9 aliphatic rings. The van der Waals surface area contributed by atoms with Crippen LogP contribution >= 0.6 is 0 Å². The summed E-state index contributed by atoms with van der Waals surface area (Å²) in [5.41, 5.74) is 38.0. The maximum atomic E-state index is 2.57. The highest BCUT2D eigenvalue weighted by Crippen LogP contribution is 2.60. The second-order valence-electron chi connectivity index (χ2n) is 40.3. The van der Waals surface area contributed by atoms with Gasteiger partial charge < -0.3 is 13.7 Å². The van der Waals surface area contributed by atoms with Crippen LogP contribution in [0.5, 0.6) is 0 Å². The monoisotopic (exact) mass is 1830 g/mol. The minimum absolute atomic E-state index is 0.655. The Morgan fingerprint density at radius 1 is 0.174 bits per heavy atom. The molecule has 0 saturated heterocycles. The lowest BCUT2D eigenvalue weighted by Crippen LogP contribution is -2.76. The molecule has 0 N–H and O–H groups in total. The Bertz CT molecular complexity index is 11200. The summed E-state index contributed by atoms with van der Waals surface area (Å²) >= 11 is 0. The molecule has 21 heterocycles. The van der Waals surface area contributed by atoms with Crippen LogP contribution in [0.25, 0.3) is 248 Å². The quantitative estimate of drug-likeness (QED) is 0.158. The van der Waals surface area contributed by atoms with E-state index in [2.05, 4.69) is 525 Å². The maximum absolute atomic E-state index is 2.57. The highest BCUT2D eigenvalue weighted by atomic mass is 15.6. The molecule has 144 heavy (non-hydrogen) atoms. The van der Waals surface area contributed by atoms with Gasteiger partial charge in [0, 0.05) is 59.9 Å². The third-order valence-electron chi connectivity index (χ3n) is 34.2. The predicted molar refractivity (Wildman–Crippen MR) is 568 cm³/mol. The van der Waals surface area contributed by atoms with E-state index in [0.29, 0.717) is 0 Å². The number of para-hydroxylation sites is 6. The van der Waals surface area contributed by atoms with Gasteiger partial charge in [-0.15, -0.1) is 14.0 Å². The van der Waals surface area contributed by atoms with Gasteiger partial charge in [0.1, 0.15) is 67.0 Å². The molecule has 9 aliphatic heterocycles. The van der Waals surface area contributed by atoms with Crippen molar-refractivity contribution < 1.29 is 27.7 Å². The zero-order chi connectivity index (χ0) is 92.6. The molecule has 0 amide bonds. The first-order valence-electron chi connectivity index (χ1n) is 49.9.